The van der Waals surface area contributed by atoms with Crippen molar-refractivity contribution < 1.29 is 4.79 Å². The summed E-state index contributed by atoms with van der Waals surface area (Å²) in [5.74, 6) is 1.36. The van der Waals surface area contributed by atoms with Crippen molar-refractivity contribution in [2.75, 3.05) is 57.5 Å². The van der Waals surface area contributed by atoms with E-state index in [0.29, 0.717) is 18.1 Å². The lowest BCUT2D eigenvalue weighted by Gasteiger charge is -2.35. The molecule has 0 unspecified atom stereocenters. The van der Waals surface area contributed by atoms with Crippen LogP contribution in [0.2, 0.25) is 0 Å². The molecule has 2 aromatic rings. The highest BCUT2D eigenvalue weighted by atomic mass is 79.9. The number of carbonyl (C=O) groups is 1. The molecule has 1 aromatic carbocycles. The van der Waals surface area contributed by atoms with Crippen molar-refractivity contribution in [3.05, 3.63) is 45.6 Å². The number of hydrogen-bond donors (Lipinski definition) is 3. The Morgan fingerprint density at radius 1 is 1.35 bits per heavy atom. The lowest BCUT2D eigenvalue weighted by Crippen LogP contribution is -2.46. The van der Waals surface area contributed by atoms with Gasteiger partial charge in [0, 0.05) is 48.8 Å². The smallest absolute Gasteiger partial charge is 0.251 e. The number of halogens is 1. The molecule has 1 fully saturated rings. The van der Waals surface area contributed by atoms with Gasteiger partial charge in [0.2, 0.25) is 5.95 Å². The van der Waals surface area contributed by atoms with Gasteiger partial charge >= 0.3 is 0 Å². The summed E-state index contributed by atoms with van der Waals surface area (Å²) in [5, 5.41) is 6.55. The van der Waals surface area contributed by atoms with Crippen LogP contribution in [0.1, 0.15) is 47.4 Å². The number of nitrogens with one attached hydrogen (secondary N) is 2. The van der Waals surface area contributed by atoms with Crippen LogP contribution in [-0.4, -0.2) is 67.6 Å². The summed E-state index contributed by atoms with van der Waals surface area (Å²) in [6, 6.07) is 7.82. The first-order valence-corrected chi connectivity index (χ1v) is 11.4. The molecule has 168 valence electrons. The number of likely N-dealkylation sites (N-methyl/N-ethyl adjacent to an activating group) is 1. The van der Waals surface area contributed by atoms with Gasteiger partial charge in [0.25, 0.3) is 5.91 Å². The molecule has 0 saturated carbocycles. The van der Waals surface area contributed by atoms with Gasteiger partial charge in [-0.15, -0.1) is 0 Å². The number of anilines is 2. The van der Waals surface area contributed by atoms with E-state index >= 15 is 0 Å². The van der Waals surface area contributed by atoms with E-state index in [1.165, 1.54) is 0 Å². The highest BCUT2D eigenvalue weighted by Crippen LogP contribution is 2.29. The van der Waals surface area contributed by atoms with Crippen LogP contribution >= 0.6 is 15.9 Å². The van der Waals surface area contributed by atoms with Crippen LogP contribution in [0.4, 0.5) is 11.8 Å². The second kappa shape index (κ2) is 10.4. The zero-order valence-electron chi connectivity index (χ0n) is 18.7. The van der Waals surface area contributed by atoms with Crippen molar-refractivity contribution in [2.45, 2.75) is 25.8 Å². The number of benzene rings is 1. The van der Waals surface area contributed by atoms with Crippen LogP contribution < -0.4 is 21.3 Å². The minimum atomic E-state index is -0.0617. The van der Waals surface area contributed by atoms with Crippen molar-refractivity contribution in [3.63, 3.8) is 0 Å². The molecule has 1 aromatic heterocycles. The van der Waals surface area contributed by atoms with Gasteiger partial charge in [-0.2, -0.15) is 4.98 Å². The average Bonchev–Trinajstić information content (AvgIpc) is 2.73. The Bertz CT molecular complexity index is 919. The molecule has 31 heavy (non-hydrogen) atoms. The molecule has 1 amide bonds. The molecule has 1 aliphatic heterocycles. The summed E-state index contributed by atoms with van der Waals surface area (Å²) in [7, 11) is 3.97. The number of carbonyl (C=O) groups excluding carboxylic acids is 1. The molecule has 1 atom stereocenters. The summed E-state index contributed by atoms with van der Waals surface area (Å²) in [5.41, 5.74) is 8.61. The largest absolute Gasteiger partial charge is 0.368 e. The van der Waals surface area contributed by atoms with Crippen LogP contribution in [0, 0.1) is 0 Å². The van der Waals surface area contributed by atoms with E-state index in [1.54, 1.807) is 0 Å². The number of nitrogen functional groups attached to an aromatic ring is 1. The van der Waals surface area contributed by atoms with E-state index in [4.69, 9.17) is 5.73 Å². The number of amides is 1. The topological polar surface area (TPSA) is 99.4 Å². The third kappa shape index (κ3) is 6.15. The van der Waals surface area contributed by atoms with Crippen LogP contribution in [0.5, 0.6) is 0 Å². The van der Waals surface area contributed by atoms with Crippen LogP contribution in [0.15, 0.2) is 28.7 Å². The van der Waals surface area contributed by atoms with Crippen molar-refractivity contribution >= 4 is 33.6 Å². The molecular weight excluding hydrogens is 458 g/mol. The monoisotopic (exact) mass is 489 g/mol. The number of hydrogen-bond acceptors (Lipinski definition) is 7. The highest BCUT2D eigenvalue weighted by molar-refractivity contribution is 9.10. The minimum Gasteiger partial charge on any atom is -0.368 e. The minimum absolute atomic E-state index is 0.0522. The first kappa shape index (κ1) is 23.4. The first-order chi connectivity index (χ1) is 14.7. The van der Waals surface area contributed by atoms with Crippen molar-refractivity contribution in [1.29, 1.82) is 0 Å². The molecule has 0 radical (unpaired) electrons. The number of piperazine rings is 1. The van der Waals surface area contributed by atoms with Gasteiger partial charge in [0.1, 0.15) is 5.82 Å². The molecule has 8 nitrogen and oxygen atoms in total. The highest BCUT2D eigenvalue weighted by Gasteiger charge is 2.25. The summed E-state index contributed by atoms with van der Waals surface area (Å²) in [4.78, 5) is 25.7. The molecule has 0 aliphatic carbocycles. The fourth-order valence-corrected chi connectivity index (χ4v) is 4.07. The lowest BCUT2D eigenvalue weighted by molar-refractivity contribution is 0.0951. The van der Waals surface area contributed by atoms with E-state index in [-0.39, 0.29) is 17.9 Å². The summed E-state index contributed by atoms with van der Waals surface area (Å²) >= 11 is 3.66. The second-order valence-electron chi connectivity index (χ2n) is 8.41. The van der Waals surface area contributed by atoms with E-state index in [2.05, 4.69) is 55.3 Å². The number of rotatable bonds is 7. The standard InChI is InChI=1S/C22H32BrN7O/c1-14(2)18-12-20(28-22(24)27-18)30-10-8-25-19(13-30)16-11-15(5-6-17(16)23)21(31)26-7-9-29(3)4/h5-6,11-12,14,19,25H,7-10,13H2,1-4H3,(H,26,31)(H2,24,27,28)/t19-/m1/s1. The first-order valence-electron chi connectivity index (χ1n) is 10.6. The Morgan fingerprint density at radius 3 is 2.84 bits per heavy atom. The molecule has 1 saturated heterocycles. The maximum atomic E-state index is 12.6. The van der Waals surface area contributed by atoms with Gasteiger partial charge < -0.3 is 26.2 Å². The predicted molar refractivity (Wildman–Crippen MR) is 129 cm³/mol. The van der Waals surface area contributed by atoms with E-state index < -0.39 is 0 Å². The molecular formula is C22H32BrN7O. The zero-order chi connectivity index (χ0) is 22.5. The Morgan fingerprint density at radius 2 is 2.13 bits per heavy atom. The molecule has 0 bridgehead atoms. The normalized spacial score (nSPS) is 16.7. The average molecular weight is 490 g/mol. The Labute approximate surface area is 192 Å². The predicted octanol–water partition coefficient (Wildman–Crippen LogP) is 2.39. The molecule has 2 heterocycles. The van der Waals surface area contributed by atoms with Crippen molar-refractivity contribution in [2.24, 2.45) is 0 Å². The van der Waals surface area contributed by atoms with Gasteiger partial charge in [-0.3, -0.25) is 4.79 Å². The van der Waals surface area contributed by atoms with Crippen molar-refractivity contribution in [3.8, 4) is 0 Å². The molecule has 1 aliphatic rings. The second-order valence-corrected chi connectivity index (χ2v) is 9.27. The molecule has 9 heteroatoms. The van der Waals surface area contributed by atoms with E-state index in [0.717, 1.165) is 47.7 Å². The summed E-state index contributed by atoms with van der Waals surface area (Å²) < 4.78 is 0.974. The molecule has 0 spiro atoms. The molecule has 4 N–H and O–H groups in total. The summed E-state index contributed by atoms with van der Waals surface area (Å²) in [6.45, 7) is 7.95. The number of nitrogens with zero attached hydrogens (tertiary/aromatic N) is 4. The number of aromatic nitrogens is 2. The third-order valence-electron chi connectivity index (χ3n) is 5.32. The third-order valence-corrected chi connectivity index (χ3v) is 6.04. The fraction of sp³-hybridized carbons (Fsp3) is 0.500. The van der Waals surface area contributed by atoms with Gasteiger partial charge in [-0.05, 0) is 43.8 Å². The van der Waals surface area contributed by atoms with Gasteiger partial charge in [0.05, 0.1) is 11.7 Å². The van der Waals surface area contributed by atoms with Gasteiger partial charge in [-0.1, -0.05) is 29.8 Å². The van der Waals surface area contributed by atoms with E-state index in [9.17, 15) is 4.79 Å². The lowest BCUT2D eigenvalue weighted by atomic mass is 10.0. The van der Waals surface area contributed by atoms with Gasteiger partial charge in [0.15, 0.2) is 0 Å². The van der Waals surface area contributed by atoms with E-state index in [1.807, 2.05) is 43.3 Å². The molecule has 3 rings (SSSR count). The maximum absolute atomic E-state index is 12.6. The number of nitrogens with two attached hydrogens (primary N) is 1. The Hall–Kier alpha value is -2.23. The Balaban J connectivity index is 1.78. The quantitative estimate of drug-likeness (QED) is 0.548. The van der Waals surface area contributed by atoms with Gasteiger partial charge in [-0.25, -0.2) is 4.98 Å². The van der Waals surface area contributed by atoms with Crippen LogP contribution in [0.3, 0.4) is 0 Å². The fourth-order valence-electron chi connectivity index (χ4n) is 3.54. The zero-order valence-corrected chi connectivity index (χ0v) is 20.2. The SMILES string of the molecule is CC(C)c1cc(N2CCN[C@@H](c3cc(C(=O)NCCN(C)C)ccc3Br)C2)nc(N)n1. The van der Waals surface area contributed by atoms with Crippen LogP contribution in [0.25, 0.3) is 0 Å². The maximum Gasteiger partial charge on any atom is 0.251 e. The van der Waals surface area contributed by atoms with Crippen LogP contribution in [-0.2, 0) is 0 Å². The summed E-state index contributed by atoms with van der Waals surface area (Å²) in [6.07, 6.45) is 0. The van der Waals surface area contributed by atoms with Crippen molar-refractivity contribution in [1.82, 2.24) is 25.5 Å². The Kier molecular flexibility index (Phi) is 7.85.